The fourth-order valence-electron chi connectivity index (χ4n) is 2.06. The molecule has 2 aromatic carbocycles. The number of carbonyl (C=O) groups excluding carboxylic acids is 1. The topological polar surface area (TPSA) is 49.3 Å². The third-order valence-electron chi connectivity index (χ3n) is 3.19. The second kappa shape index (κ2) is 6.94. The zero-order valence-corrected chi connectivity index (χ0v) is 12.9. The first kappa shape index (κ1) is 15.8. The summed E-state index contributed by atoms with van der Waals surface area (Å²) in [6.07, 6.45) is -0.781. The van der Waals surface area contributed by atoms with Crippen molar-refractivity contribution in [3.63, 3.8) is 0 Å². The van der Waals surface area contributed by atoms with Gasteiger partial charge in [0.2, 0.25) is 0 Å². The van der Waals surface area contributed by atoms with Crippen LogP contribution in [-0.2, 0) is 0 Å². The molecular formula is C16H15Cl2NO2. The van der Waals surface area contributed by atoms with Gasteiger partial charge < -0.3 is 10.4 Å². The van der Waals surface area contributed by atoms with Crippen molar-refractivity contribution in [2.24, 2.45) is 0 Å². The maximum absolute atomic E-state index is 12.1. The van der Waals surface area contributed by atoms with Gasteiger partial charge in [0.25, 0.3) is 5.91 Å². The van der Waals surface area contributed by atoms with Crippen LogP contribution in [0.4, 0.5) is 0 Å². The average Bonchev–Trinajstić information content (AvgIpc) is 2.45. The van der Waals surface area contributed by atoms with Gasteiger partial charge in [0.15, 0.2) is 0 Å². The van der Waals surface area contributed by atoms with Gasteiger partial charge in [-0.2, -0.15) is 0 Å². The van der Waals surface area contributed by atoms with Crippen LogP contribution in [0.2, 0.25) is 10.0 Å². The third-order valence-corrected chi connectivity index (χ3v) is 3.82. The summed E-state index contributed by atoms with van der Waals surface area (Å²) in [6.45, 7) is 2.00. The van der Waals surface area contributed by atoms with Gasteiger partial charge in [0.05, 0.1) is 21.7 Å². The SMILES string of the molecule is Cc1ccccc1C(O)CNC(=O)c1c(Cl)cccc1Cl. The average molecular weight is 324 g/mol. The number of aryl methyl sites for hydroxylation is 1. The van der Waals surface area contributed by atoms with E-state index in [-0.39, 0.29) is 22.2 Å². The molecule has 0 fully saturated rings. The quantitative estimate of drug-likeness (QED) is 0.899. The lowest BCUT2D eigenvalue weighted by atomic mass is 10.0. The summed E-state index contributed by atoms with van der Waals surface area (Å²) in [4.78, 5) is 12.1. The monoisotopic (exact) mass is 323 g/mol. The second-order valence-electron chi connectivity index (χ2n) is 4.68. The van der Waals surface area contributed by atoms with E-state index in [4.69, 9.17) is 23.2 Å². The summed E-state index contributed by atoms with van der Waals surface area (Å²) in [5.41, 5.74) is 1.97. The number of aliphatic hydroxyl groups is 1. The number of halogens is 2. The van der Waals surface area contributed by atoms with Crippen LogP contribution in [0.1, 0.15) is 27.6 Å². The molecule has 0 aliphatic carbocycles. The predicted molar refractivity (Wildman–Crippen MR) is 84.9 cm³/mol. The highest BCUT2D eigenvalue weighted by molar-refractivity contribution is 6.39. The van der Waals surface area contributed by atoms with Crippen molar-refractivity contribution in [3.8, 4) is 0 Å². The molecule has 0 heterocycles. The first-order valence-corrected chi connectivity index (χ1v) is 7.22. The van der Waals surface area contributed by atoms with E-state index in [1.807, 2.05) is 31.2 Å². The molecule has 0 saturated carbocycles. The lowest BCUT2D eigenvalue weighted by Crippen LogP contribution is -2.29. The lowest BCUT2D eigenvalue weighted by molar-refractivity contribution is 0.0916. The Hall–Kier alpha value is -1.55. The van der Waals surface area contributed by atoms with Crippen LogP contribution in [-0.4, -0.2) is 17.6 Å². The maximum Gasteiger partial charge on any atom is 0.254 e. The van der Waals surface area contributed by atoms with Crippen molar-refractivity contribution < 1.29 is 9.90 Å². The van der Waals surface area contributed by atoms with Crippen LogP contribution >= 0.6 is 23.2 Å². The van der Waals surface area contributed by atoms with E-state index in [9.17, 15) is 9.90 Å². The molecule has 0 aliphatic heterocycles. The number of hydrogen-bond donors (Lipinski definition) is 2. The number of carbonyl (C=O) groups is 1. The normalized spacial score (nSPS) is 12.0. The molecule has 3 nitrogen and oxygen atoms in total. The Labute approximate surface area is 133 Å². The molecule has 5 heteroatoms. The van der Waals surface area contributed by atoms with Gasteiger partial charge in [-0.15, -0.1) is 0 Å². The highest BCUT2D eigenvalue weighted by Crippen LogP contribution is 2.24. The van der Waals surface area contributed by atoms with Gasteiger partial charge in [0, 0.05) is 6.54 Å². The highest BCUT2D eigenvalue weighted by atomic mass is 35.5. The molecule has 2 aromatic rings. The van der Waals surface area contributed by atoms with Crippen LogP contribution < -0.4 is 5.32 Å². The molecule has 0 saturated heterocycles. The first-order chi connectivity index (χ1) is 10.0. The van der Waals surface area contributed by atoms with Crippen LogP contribution in [0.3, 0.4) is 0 Å². The van der Waals surface area contributed by atoms with Crippen LogP contribution in [0, 0.1) is 6.92 Å². The first-order valence-electron chi connectivity index (χ1n) is 6.46. The molecule has 0 bridgehead atoms. The van der Waals surface area contributed by atoms with E-state index in [0.29, 0.717) is 0 Å². The lowest BCUT2D eigenvalue weighted by Gasteiger charge is -2.15. The summed E-state index contributed by atoms with van der Waals surface area (Å²) in [7, 11) is 0. The fraction of sp³-hybridized carbons (Fsp3) is 0.188. The summed E-state index contributed by atoms with van der Waals surface area (Å²) in [5, 5.41) is 13.4. The maximum atomic E-state index is 12.1. The summed E-state index contributed by atoms with van der Waals surface area (Å²) in [6, 6.07) is 12.3. The minimum atomic E-state index is -0.781. The second-order valence-corrected chi connectivity index (χ2v) is 5.49. The predicted octanol–water partition coefficient (Wildman–Crippen LogP) is 3.77. The number of rotatable bonds is 4. The number of benzene rings is 2. The molecule has 21 heavy (non-hydrogen) atoms. The van der Waals surface area contributed by atoms with Crippen molar-refractivity contribution >= 4 is 29.1 Å². The Morgan fingerprint density at radius 1 is 1.14 bits per heavy atom. The van der Waals surface area contributed by atoms with E-state index >= 15 is 0 Å². The Morgan fingerprint density at radius 3 is 2.38 bits per heavy atom. The van der Waals surface area contributed by atoms with Crippen molar-refractivity contribution in [3.05, 3.63) is 69.2 Å². The zero-order valence-electron chi connectivity index (χ0n) is 11.4. The Bertz CT molecular complexity index is 638. The fourth-order valence-corrected chi connectivity index (χ4v) is 2.63. The Morgan fingerprint density at radius 2 is 1.76 bits per heavy atom. The molecule has 110 valence electrons. The van der Waals surface area contributed by atoms with Crippen LogP contribution in [0.25, 0.3) is 0 Å². The van der Waals surface area contributed by atoms with Crippen molar-refractivity contribution in [1.82, 2.24) is 5.32 Å². The van der Waals surface area contributed by atoms with Crippen LogP contribution in [0.15, 0.2) is 42.5 Å². The van der Waals surface area contributed by atoms with Gasteiger partial charge in [-0.05, 0) is 30.2 Å². The van der Waals surface area contributed by atoms with Gasteiger partial charge in [-0.3, -0.25) is 4.79 Å². The Kier molecular flexibility index (Phi) is 5.23. The van der Waals surface area contributed by atoms with Crippen LogP contribution in [0.5, 0.6) is 0 Å². The molecular weight excluding hydrogens is 309 g/mol. The van der Waals surface area contributed by atoms with Gasteiger partial charge >= 0.3 is 0 Å². The molecule has 2 N–H and O–H groups in total. The standard InChI is InChI=1S/C16H15Cl2NO2/c1-10-5-2-3-6-11(10)14(20)9-19-16(21)15-12(17)7-4-8-13(15)18/h2-8,14,20H,9H2,1H3,(H,19,21). The molecule has 1 unspecified atom stereocenters. The van der Waals surface area contributed by atoms with Gasteiger partial charge in [-0.1, -0.05) is 53.5 Å². The third kappa shape index (κ3) is 3.76. The molecule has 0 aliphatic rings. The minimum absolute atomic E-state index is 0.0885. The molecule has 0 radical (unpaired) electrons. The smallest absolute Gasteiger partial charge is 0.254 e. The van der Waals surface area contributed by atoms with Gasteiger partial charge in [-0.25, -0.2) is 0 Å². The van der Waals surface area contributed by atoms with E-state index in [2.05, 4.69) is 5.32 Å². The number of hydrogen-bond acceptors (Lipinski definition) is 2. The molecule has 1 atom stereocenters. The minimum Gasteiger partial charge on any atom is -0.387 e. The Balaban J connectivity index is 2.06. The number of aliphatic hydroxyl groups excluding tert-OH is 1. The summed E-state index contributed by atoms with van der Waals surface area (Å²) >= 11 is 11.9. The molecule has 0 aromatic heterocycles. The van der Waals surface area contributed by atoms with Gasteiger partial charge in [0.1, 0.15) is 0 Å². The highest BCUT2D eigenvalue weighted by Gasteiger charge is 2.16. The molecule has 1 amide bonds. The van der Waals surface area contributed by atoms with Crippen molar-refractivity contribution in [2.45, 2.75) is 13.0 Å². The molecule has 0 spiro atoms. The van der Waals surface area contributed by atoms with Crippen molar-refractivity contribution in [1.29, 1.82) is 0 Å². The number of nitrogens with one attached hydrogen (secondary N) is 1. The van der Waals surface area contributed by atoms with E-state index in [1.54, 1.807) is 18.2 Å². The summed E-state index contributed by atoms with van der Waals surface area (Å²) < 4.78 is 0. The van der Waals surface area contributed by atoms with E-state index in [0.717, 1.165) is 11.1 Å². The van der Waals surface area contributed by atoms with E-state index in [1.165, 1.54) is 0 Å². The van der Waals surface area contributed by atoms with E-state index < -0.39 is 12.0 Å². The van der Waals surface area contributed by atoms with Crippen molar-refractivity contribution in [2.75, 3.05) is 6.54 Å². The number of amides is 1. The summed E-state index contributed by atoms with van der Waals surface area (Å²) in [5.74, 6) is -0.404. The molecule has 2 rings (SSSR count). The zero-order chi connectivity index (χ0) is 15.4. The largest absolute Gasteiger partial charge is 0.387 e.